The van der Waals surface area contributed by atoms with Crippen LogP contribution in [-0.2, 0) is 0 Å². The minimum atomic E-state index is -2.26. The zero-order valence-electron chi connectivity index (χ0n) is 9.25. The minimum absolute atomic E-state index is 0.200. The van der Waals surface area contributed by atoms with E-state index in [1.54, 1.807) is 0 Å². The molecule has 0 aromatic carbocycles. The SMILES string of the molecule is N#Cc1sc(SCCC(F)=C(F)F)nc1C1CC1. The van der Waals surface area contributed by atoms with Crippen LogP contribution in [-0.4, -0.2) is 10.7 Å². The van der Waals surface area contributed by atoms with Crippen molar-refractivity contribution in [3.63, 3.8) is 0 Å². The molecule has 0 unspecified atom stereocenters. The van der Waals surface area contributed by atoms with E-state index < -0.39 is 11.9 Å². The van der Waals surface area contributed by atoms with Gasteiger partial charge >= 0.3 is 6.08 Å². The van der Waals surface area contributed by atoms with Crippen LogP contribution in [0.4, 0.5) is 13.2 Å². The molecule has 96 valence electrons. The van der Waals surface area contributed by atoms with E-state index in [1.807, 2.05) is 0 Å². The number of allylic oxidation sites excluding steroid dienone is 1. The molecule has 18 heavy (non-hydrogen) atoms. The molecule has 0 aliphatic heterocycles. The Balaban J connectivity index is 1.94. The number of nitriles is 1. The van der Waals surface area contributed by atoms with Gasteiger partial charge in [-0.2, -0.15) is 14.0 Å². The molecule has 0 amide bonds. The second-order valence-corrected chi connectivity index (χ2v) is 6.19. The van der Waals surface area contributed by atoms with E-state index in [4.69, 9.17) is 5.26 Å². The lowest BCUT2D eigenvalue weighted by Gasteiger charge is -1.95. The highest BCUT2D eigenvalue weighted by Crippen LogP contribution is 2.43. The molecule has 1 saturated carbocycles. The van der Waals surface area contributed by atoms with Gasteiger partial charge < -0.3 is 0 Å². The molecule has 2 nitrogen and oxygen atoms in total. The molecule has 0 spiro atoms. The first-order valence-electron chi connectivity index (χ1n) is 5.35. The Hall–Kier alpha value is -1.00. The third-order valence-corrected chi connectivity index (χ3v) is 4.57. The van der Waals surface area contributed by atoms with Gasteiger partial charge in [0, 0.05) is 18.1 Å². The standard InChI is InChI=1S/C11H9F3N2S2/c12-7(10(13)14)3-4-17-11-16-9(6-1-2-6)8(5-15)18-11/h6H,1-4H2. The van der Waals surface area contributed by atoms with Gasteiger partial charge in [-0.3, -0.25) is 0 Å². The summed E-state index contributed by atoms with van der Waals surface area (Å²) in [6.45, 7) is 0. The maximum Gasteiger partial charge on any atom is 0.301 e. The Morgan fingerprint density at radius 1 is 1.44 bits per heavy atom. The quantitative estimate of drug-likeness (QED) is 0.752. The molecule has 0 saturated heterocycles. The summed E-state index contributed by atoms with van der Waals surface area (Å²) >= 11 is 2.46. The predicted molar refractivity (Wildman–Crippen MR) is 64.5 cm³/mol. The maximum absolute atomic E-state index is 12.6. The third-order valence-electron chi connectivity index (χ3n) is 2.45. The van der Waals surface area contributed by atoms with Crippen LogP contribution in [0.3, 0.4) is 0 Å². The molecule has 1 aliphatic carbocycles. The average molecular weight is 290 g/mol. The van der Waals surface area contributed by atoms with Crippen LogP contribution in [0.25, 0.3) is 0 Å². The summed E-state index contributed by atoms with van der Waals surface area (Å²) < 4.78 is 36.9. The van der Waals surface area contributed by atoms with Crippen LogP contribution in [0.2, 0.25) is 0 Å². The minimum Gasteiger partial charge on any atom is -0.233 e. The number of hydrogen-bond acceptors (Lipinski definition) is 4. The molecular formula is C11H9F3N2S2. The molecule has 1 aromatic rings. The fraction of sp³-hybridized carbons (Fsp3) is 0.455. The van der Waals surface area contributed by atoms with Crippen molar-refractivity contribution in [1.82, 2.24) is 4.98 Å². The van der Waals surface area contributed by atoms with E-state index in [9.17, 15) is 13.2 Å². The third kappa shape index (κ3) is 3.27. The largest absolute Gasteiger partial charge is 0.301 e. The molecule has 1 aromatic heterocycles. The van der Waals surface area contributed by atoms with Crippen LogP contribution in [0.15, 0.2) is 16.2 Å². The molecule has 0 radical (unpaired) electrons. The van der Waals surface area contributed by atoms with E-state index in [0.29, 0.717) is 15.1 Å². The van der Waals surface area contributed by atoms with E-state index in [0.717, 1.165) is 18.5 Å². The van der Waals surface area contributed by atoms with Crippen molar-refractivity contribution in [2.75, 3.05) is 5.75 Å². The molecule has 1 heterocycles. The summed E-state index contributed by atoms with van der Waals surface area (Å²) in [5, 5.41) is 8.94. The van der Waals surface area contributed by atoms with Crippen LogP contribution >= 0.6 is 23.1 Å². The van der Waals surface area contributed by atoms with Gasteiger partial charge in [-0.1, -0.05) is 23.1 Å². The number of hydrogen-bond donors (Lipinski definition) is 0. The lowest BCUT2D eigenvalue weighted by atomic mass is 10.3. The number of thioether (sulfide) groups is 1. The van der Waals surface area contributed by atoms with E-state index in [-0.39, 0.29) is 12.2 Å². The van der Waals surface area contributed by atoms with Crippen molar-refractivity contribution in [2.24, 2.45) is 0 Å². The average Bonchev–Trinajstić information content (AvgIpc) is 3.10. The molecular weight excluding hydrogens is 281 g/mol. The monoisotopic (exact) mass is 290 g/mol. The summed E-state index contributed by atoms with van der Waals surface area (Å²) in [5.41, 5.74) is 0.817. The first-order chi connectivity index (χ1) is 8.61. The van der Waals surface area contributed by atoms with Crippen molar-refractivity contribution in [3.8, 4) is 6.07 Å². The lowest BCUT2D eigenvalue weighted by Crippen LogP contribution is -1.84. The van der Waals surface area contributed by atoms with Crippen molar-refractivity contribution < 1.29 is 13.2 Å². The van der Waals surface area contributed by atoms with E-state index in [2.05, 4.69) is 11.1 Å². The molecule has 1 fully saturated rings. The number of aromatic nitrogens is 1. The van der Waals surface area contributed by atoms with Gasteiger partial charge in [0.2, 0.25) is 0 Å². The topological polar surface area (TPSA) is 36.7 Å². The molecule has 0 bridgehead atoms. The van der Waals surface area contributed by atoms with Crippen LogP contribution in [0, 0.1) is 11.3 Å². The second kappa shape index (κ2) is 5.76. The van der Waals surface area contributed by atoms with Crippen LogP contribution in [0.1, 0.15) is 35.8 Å². The Bertz CT molecular complexity index is 511. The first-order valence-corrected chi connectivity index (χ1v) is 7.15. The Morgan fingerprint density at radius 3 is 2.72 bits per heavy atom. The van der Waals surface area contributed by atoms with Gasteiger partial charge in [0.1, 0.15) is 10.9 Å². The van der Waals surface area contributed by atoms with Gasteiger partial charge in [0.05, 0.1) is 5.69 Å². The van der Waals surface area contributed by atoms with Gasteiger partial charge in [-0.05, 0) is 12.8 Å². The van der Waals surface area contributed by atoms with Gasteiger partial charge in [0.15, 0.2) is 10.2 Å². The van der Waals surface area contributed by atoms with E-state index in [1.165, 1.54) is 23.1 Å². The summed E-state index contributed by atoms with van der Waals surface area (Å²) in [4.78, 5) is 4.91. The highest BCUT2D eigenvalue weighted by atomic mass is 32.2. The van der Waals surface area contributed by atoms with Gasteiger partial charge in [-0.25, -0.2) is 9.37 Å². The van der Waals surface area contributed by atoms with Crippen molar-refractivity contribution in [1.29, 1.82) is 5.26 Å². The van der Waals surface area contributed by atoms with Crippen molar-refractivity contribution in [2.45, 2.75) is 29.5 Å². The Labute approximate surface area is 111 Å². The highest BCUT2D eigenvalue weighted by molar-refractivity contribution is 8.01. The second-order valence-electron chi connectivity index (χ2n) is 3.84. The molecule has 7 heteroatoms. The predicted octanol–water partition coefficient (Wildman–Crippen LogP) is 4.45. The first kappa shape index (κ1) is 13.4. The zero-order chi connectivity index (χ0) is 13.1. The van der Waals surface area contributed by atoms with Crippen molar-refractivity contribution in [3.05, 3.63) is 22.5 Å². The zero-order valence-corrected chi connectivity index (χ0v) is 10.9. The number of thiazole rings is 1. The molecule has 1 aliphatic rings. The Morgan fingerprint density at radius 2 is 2.17 bits per heavy atom. The van der Waals surface area contributed by atoms with Gasteiger partial charge in [0.25, 0.3) is 0 Å². The highest BCUT2D eigenvalue weighted by Gasteiger charge is 2.29. The molecule has 0 N–H and O–H groups in total. The number of halogens is 3. The molecule has 2 rings (SSSR count). The van der Waals surface area contributed by atoms with Crippen LogP contribution in [0.5, 0.6) is 0 Å². The molecule has 0 atom stereocenters. The van der Waals surface area contributed by atoms with Crippen LogP contribution < -0.4 is 0 Å². The smallest absolute Gasteiger partial charge is 0.233 e. The normalized spacial score (nSPS) is 14.3. The maximum atomic E-state index is 12.6. The summed E-state index contributed by atoms with van der Waals surface area (Å²) in [5.74, 6) is -0.793. The summed E-state index contributed by atoms with van der Waals surface area (Å²) in [6, 6.07) is 2.09. The summed E-state index contributed by atoms with van der Waals surface area (Å²) in [7, 11) is 0. The Kier molecular flexibility index (Phi) is 4.30. The van der Waals surface area contributed by atoms with Gasteiger partial charge in [-0.15, -0.1) is 0 Å². The van der Waals surface area contributed by atoms with Crippen molar-refractivity contribution >= 4 is 23.1 Å². The number of nitrogens with zero attached hydrogens (tertiary/aromatic N) is 2. The summed E-state index contributed by atoms with van der Waals surface area (Å²) in [6.07, 6.45) is -0.473. The fourth-order valence-corrected chi connectivity index (χ4v) is 3.44. The van der Waals surface area contributed by atoms with E-state index >= 15 is 0 Å². The number of rotatable bonds is 5. The fourth-order valence-electron chi connectivity index (χ4n) is 1.41. The lowest BCUT2D eigenvalue weighted by molar-refractivity contribution is 0.373.